The van der Waals surface area contributed by atoms with Gasteiger partial charge in [-0.05, 0) is 49.9 Å². The molecule has 1 unspecified atom stereocenters. The van der Waals surface area contributed by atoms with Crippen LogP contribution in [0.3, 0.4) is 0 Å². The number of carbonyl (C=O) groups excluding carboxylic acids is 1. The molecule has 31 heavy (non-hydrogen) atoms. The van der Waals surface area contributed by atoms with Gasteiger partial charge >= 0.3 is 0 Å². The Morgan fingerprint density at radius 1 is 0.774 bits per heavy atom. The summed E-state index contributed by atoms with van der Waals surface area (Å²) in [5, 5.41) is 0. The second kappa shape index (κ2) is 9.14. The summed E-state index contributed by atoms with van der Waals surface area (Å²) < 4.78 is 59.8. The summed E-state index contributed by atoms with van der Waals surface area (Å²) in [5.41, 5.74) is 0. The van der Waals surface area contributed by atoms with Gasteiger partial charge in [0.2, 0.25) is 26.0 Å². The van der Waals surface area contributed by atoms with E-state index in [0.717, 1.165) is 12.8 Å². The van der Waals surface area contributed by atoms with Crippen molar-refractivity contribution in [2.24, 2.45) is 5.92 Å². The van der Waals surface area contributed by atoms with Crippen LogP contribution in [0.5, 0.6) is 0 Å². The van der Waals surface area contributed by atoms with Gasteiger partial charge in [0, 0.05) is 39.3 Å². The maximum absolute atomic E-state index is 13.2. The molecule has 1 aromatic rings. The van der Waals surface area contributed by atoms with Crippen molar-refractivity contribution in [3.63, 3.8) is 0 Å². The van der Waals surface area contributed by atoms with E-state index in [1.165, 1.54) is 32.9 Å². The quantitative estimate of drug-likeness (QED) is 0.627. The normalized spacial score (nSPS) is 24.4. The van der Waals surface area contributed by atoms with Crippen LogP contribution in [0.15, 0.2) is 34.1 Å². The van der Waals surface area contributed by atoms with Crippen molar-refractivity contribution in [2.75, 3.05) is 52.5 Å². The van der Waals surface area contributed by atoms with Gasteiger partial charge in [0.05, 0.1) is 28.9 Å². The summed E-state index contributed by atoms with van der Waals surface area (Å²) in [5.74, 6) is -0.383. The van der Waals surface area contributed by atoms with E-state index >= 15 is 0 Å². The SMILES string of the molecule is O=C(C1CCCN(S(=O)(=O)c2ccc(S(=O)(=O)N3CCCC3)cc2)C1)N1CCOCC1. The van der Waals surface area contributed by atoms with Gasteiger partial charge in [-0.25, -0.2) is 16.8 Å². The minimum absolute atomic E-state index is 0.0183. The molecule has 0 N–H and O–H groups in total. The number of nitrogens with zero attached hydrogens (tertiary/aromatic N) is 3. The molecule has 1 aromatic carbocycles. The van der Waals surface area contributed by atoms with Crippen LogP contribution < -0.4 is 0 Å². The van der Waals surface area contributed by atoms with Crippen LogP contribution in [-0.2, 0) is 29.6 Å². The number of hydrogen-bond acceptors (Lipinski definition) is 6. The molecule has 0 spiro atoms. The Hall–Kier alpha value is -1.53. The van der Waals surface area contributed by atoms with Gasteiger partial charge < -0.3 is 9.64 Å². The fraction of sp³-hybridized carbons (Fsp3) is 0.650. The summed E-state index contributed by atoms with van der Waals surface area (Å²) in [6.45, 7) is 3.57. The highest BCUT2D eigenvalue weighted by Crippen LogP contribution is 2.27. The van der Waals surface area contributed by atoms with E-state index in [4.69, 9.17) is 4.74 Å². The molecular formula is C20H29N3O6S2. The fourth-order valence-corrected chi connectivity index (χ4v) is 7.46. The molecule has 3 heterocycles. The van der Waals surface area contributed by atoms with Crippen molar-refractivity contribution in [2.45, 2.75) is 35.5 Å². The number of benzene rings is 1. The van der Waals surface area contributed by atoms with Crippen LogP contribution in [0.25, 0.3) is 0 Å². The maximum atomic E-state index is 13.2. The highest BCUT2D eigenvalue weighted by Gasteiger charge is 2.36. The number of piperidine rings is 1. The minimum Gasteiger partial charge on any atom is -0.378 e. The van der Waals surface area contributed by atoms with Crippen LogP contribution in [-0.4, -0.2) is 88.7 Å². The lowest BCUT2D eigenvalue weighted by molar-refractivity contribution is -0.140. The molecule has 0 bridgehead atoms. The van der Waals surface area contributed by atoms with Gasteiger partial charge in [-0.1, -0.05) is 0 Å². The van der Waals surface area contributed by atoms with Crippen molar-refractivity contribution in [3.8, 4) is 0 Å². The fourth-order valence-electron chi connectivity index (χ4n) is 4.41. The molecule has 172 valence electrons. The Bertz CT molecular complexity index is 998. The molecule has 0 aliphatic carbocycles. The van der Waals surface area contributed by atoms with E-state index in [2.05, 4.69) is 0 Å². The zero-order valence-corrected chi connectivity index (χ0v) is 19.1. The first kappa shape index (κ1) is 22.7. The zero-order valence-electron chi connectivity index (χ0n) is 17.5. The second-order valence-electron chi connectivity index (χ2n) is 8.22. The average Bonchev–Trinajstić information content (AvgIpc) is 3.35. The number of hydrogen-bond donors (Lipinski definition) is 0. The number of ether oxygens (including phenoxy) is 1. The first-order chi connectivity index (χ1) is 14.8. The summed E-state index contributed by atoms with van der Waals surface area (Å²) in [6, 6.07) is 5.43. The standard InChI is InChI=1S/C20H29N3O6S2/c24-20(21-12-14-29-15-13-21)17-4-3-11-23(16-17)31(27,28)19-7-5-18(6-8-19)30(25,26)22-9-1-2-10-22/h5-8,17H,1-4,9-16H2. The largest absolute Gasteiger partial charge is 0.378 e. The second-order valence-corrected chi connectivity index (χ2v) is 12.1. The predicted octanol–water partition coefficient (Wildman–Crippen LogP) is 0.731. The number of rotatable bonds is 5. The molecular weight excluding hydrogens is 442 g/mol. The smallest absolute Gasteiger partial charge is 0.243 e. The van der Waals surface area contributed by atoms with Crippen molar-refractivity contribution < 1.29 is 26.4 Å². The Balaban J connectivity index is 1.48. The highest BCUT2D eigenvalue weighted by atomic mass is 32.2. The first-order valence-electron chi connectivity index (χ1n) is 10.8. The molecule has 3 aliphatic rings. The van der Waals surface area contributed by atoms with Crippen LogP contribution in [0, 0.1) is 5.92 Å². The minimum atomic E-state index is -3.81. The van der Waals surface area contributed by atoms with Gasteiger partial charge in [-0.15, -0.1) is 0 Å². The van der Waals surface area contributed by atoms with E-state index in [-0.39, 0.29) is 28.2 Å². The number of sulfonamides is 2. The lowest BCUT2D eigenvalue weighted by atomic mass is 9.98. The lowest BCUT2D eigenvalue weighted by Gasteiger charge is -2.35. The molecule has 1 amide bonds. The van der Waals surface area contributed by atoms with E-state index in [1.807, 2.05) is 0 Å². The van der Waals surface area contributed by atoms with Crippen molar-refractivity contribution in [1.29, 1.82) is 0 Å². The maximum Gasteiger partial charge on any atom is 0.243 e. The van der Waals surface area contributed by atoms with Gasteiger partial charge in [0.15, 0.2) is 0 Å². The zero-order chi connectivity index (χ0) is 22.1. The van der Waals surface area contributed by atoms with Gasteiger partial charge in [-0.3, -0.25) is 4.79 Å². The molecule has 1 atom stereocenters. The van der Waals surface area contributed by atoms with Crippen LogP contribution in [0.4, 0.5) is 0 Å². The van der Waals surface area contributed by atoms with Crippen LogP contribution >= 0.6 is 0 Å². The monoisotopic (exact) mass is 471 g/mol. The number of morpholine rings is 1. The molecule has 11 heteroatoms. The summed E-state index contributed by atoms with van der Waals surface area (Å²) in [7, 11) is -7.40. The Morgan fingerprint density at radius 3 is 1.87 bits per heavy atom. The third-order valence-corrected chi connectivity index (χ3v) is 10.0. The topological polar surface area (TPSA) is 104 Å². The summed E-state index contributed by atoms with van der Waals surface area (Å²) in [4.78, 5) is 14.7. The molecule has 9 nitrogen and oxygen atoms in total. The average molecular weight is 472 g/mol. The molecule has 3 fully saturated rings. The van der Waals surface area contributed by atoms with Crippen molar-refractivity contribution in [1.82, 2.24) is 13.5 Å². The summed E-state index contributed by atoms with van der Waals surface area (Å²) >= 11 is 0. The molecule has 0 aromatic heterocycles. The van der Waals surface area contributed by atoms with E-state index in [9.17, 15) is 21.6 Å². The molecule has 0 radical (unpaired) electrons. The molecule has 0 saturated carbocycles. The third kappa shape index (κ3) is 4.65. The number of amides is 1. The van der Waals surface area contributed by atoms with Crippen LogP contribution in [0.1, 0.15) is 25.7 Å². The molecule has 3 aliphatic heterocycles. The van der Waals surface area contributed by atoms with Crippen LogP contribution in [0.2, 0.25) is 0 Å². The first-order valence-corrected chi connectivity index (χ1v) is 13.6. The van der Waals surface area contributed by atoms with Gasteiger partial charge in [0.1, 0.15) is 0 Å². The van der Waals surface area contributed by atoms with E-state index in [1.54, 1.807) is 4.90 Å². The van der Waals surface area contributed by atoms with Crippen molar-refractivity contribution >= 4 is 26.0 Å². The van der Waals surface area contributed by atoms with Gasteiger partial charge in [0.25, 0.3) is 0 Å². The van der Waals surface area contributed by atoms with Gasteiger partial charge in [-0.2, -0.15) is 8.61 Å². The van der Waals surface area contributed by atoms with Crippen molar-refractivity contribution in [3.05, 3.63) is 24.3 Å². The van der Waals surface area contributed by atoms with E-state index < -0.39 is 20.0 Å². The summed E-state index contributed by atoms with van der Waals surface area (Å²) in [6.07, 6.45) is 2.95. The van der Waals surface area contributed by atoms with E-state index in [0.29, 0.717) is 58.8 Å². The lowest BCUT2D eigenvalue weighted by Crippen LogP contribution is -2.49. The number of carbonyl (C=O) groups is 1. The Kier molecular flexibility index (Phi) is 6.68. The Morgan fingerprint density at radius 2 is 1.29 bits per heavy atom. The highest BCUT2D eigenvalue weighted by molar-refractivity contribution is 7.89. The molecule has 3 saturated heterocycles. The third-order valence-electron chi connectivity index (χ3n) is 6.22. The Labute approximate surface area is 184 Å². The molecule has 4 rings (SSSR count). The predicted molar refractivity (Wildman–Crippen MR) is 113 cm³/mol.